The maximum absolute atomic E-state index is 13.9. The Labute approximate surface area is 124 Å². The molecule has 1 aromatic heterocycles. The molecular weight excluding hydrogens is 272 g/mol. The van der Waals surface area contributed by atoms with Gasteiger partial charge in [-0.15, -0.1) is 0 Å². The molecule has 2 rings (SSSR count). The molecule has 0 bridgehead atoms. The van der Waals surface area contributed by atoms with Gasteiger partial charge in [0.25, 0.3) is 0 Å². The predicted octanol–water partition coefficient (Wildman–Crippen LogP) is 4.53. The van der Waals surface area contributed by atoms with E-state index in [1.807, 2.05) is 25.5 Å². The Morgan fingerprint density at radius 1 is 1.14 bits per heavy atom. The number of hydrogen-bond donors (Lipinski definition) is 1. The molecule has 0 aliphatic heterocycles. The van der Waals surface area contributed by atoms with Crippen LogP contribution in [0.5, 0.6) is 0 Å². The van der Waals surface area contributed by atoms with Gasteiger partial charge in [0, 0.05) is 11.6 Å². The van der Waals surface area contributed by atoms with Crippen molar-refractivity contribution in [2.75, 3.05) is 5.32 Å². The van der Waals surface area contributed by atoms with E-state index < -0.39 is 11.6 Å². The molecule has 3 nitrogen and oxygen atoms in total. The van der Waals surface area contributed by atoms with Crippen molar-refractivity contribution in [3.05, 3.63) is 46.8 Å². The van der Waals surface area contributed by atoms with Crippen molar-refractivity contribution in [2.24, 2.45) is 0 Å². The second kappa shape index (κ2) is 5.84. The second-order valence-corrected chi connectivity index (χ2v) is 5.59. The van der Waals surface area contributed by atoms with E-state index in [9.17, 15) is 8.78 Å². The van der Waals surface area contributed by atoms with Crippen molar-refractivity contribution in [2.45, 2.75) is 46.7 Å². The number of aromatic nitrogens is 2. The zero-order chi connectivity index (χ0) is 15.7. The lowest BCUT2D eigenvalue weighted by atomic mass is 10.1. The van der Waals surface area contributed by atoms with E-state index in [-0.39, 0.29) is 12.1 Å². The molecule has 5 heteroatoms. The SMILES string of the molecule is Cc1nn(C(C)C)c(C)c1NC(C)c1cccc(F)c1F. The quantitative estimate of drug-likeness (QED) is 0.897. The van der Waals surface area contributed by atoms with Crippen molar-refractivity contribution in [1.82, 2.24) is 9.78 Å². The first kappa shape index (κ1) is 15.5. The third-order valence-electron chi connectivity index (χ3n) is 3.62. The Balaban J connectivity index is 2.32. The highest BCUT2D eigenvalue weighted by atomic mass is 19.2. The fourth-order valence-electron chi connectivity index (χ4n) is 2.52. The minimum atomic E-state index is -0.826. The van der Waals surface area contributed by atoms with Gasteiger partial charge in [0.2, 0.25) is 0 Å². The standard InChI is InChI=1S/C16H21F2N3/c1-9(2)21-12(5)16(11(4)20-21)19-10(3)13-7-6-8-14(17)15(13)18/h6-10,19H,1-5H3. The molecule has 0 saturated carbocycles. The fourth-order valence-corrected chi connectivity index (χ4v) is 2.52. The maximum atomic E-state index is 13.9. The highest BCUT2D eigenvalue weighted by Gasteiger charge is 2.18. The molecule has 2 aromatic rings. The first-order valence-electron chi connectivity index (χ1n) is 7.09. The van der Waals surface area contributed by atoms with Crippen LogP contribution in [0.1, 0.15) is 49.8 Å². The highest BCUT2D eigenvalue weighted by molar-refractivity contribution is 5.53. The van der Waals surface area contributed by atoms with Crippen LogP contribution in [0.25, 0.3) is 0 Å². The molecule has 0 aliphatic rings. The van der Waals surface area contributed by atoms with E-state index in [0.29, 0.717) is 5.56 Å². The van der Waals surface area contributed by atoms with E-state index in [1.165, 1.54) is 6.07 Å². The smallest absolute Gasteiger partial charge is 0.164 e. The van der Waals surface area contributed by atoms with Crippen LogP contribution in [0, 0.1) is 25.5 Å². The van der Waals surface area contributed by atoms with E-state index in [0.717, 1.165) is 23.1 Å². The zero-order valence-electron chi connectivity index (χ0n) is 13.0. The number of nitrogens with one attached hydrogen (secondary N) is 1. The monoisotopic (exact) mass is 293 g/mol. The molecule has 0 saturated heterocycles. The average Bonchev–Trinajstić information content (AvgIpc) is 2.70. The summed E-state index contributed by atoms with van der Waals surface area (Å²) in [6.07, 6.45) is 0. The predicted molar refractivity (Wildman–Crippen MR) is 80.5 cm³/mol. The maximum Gasteiger partial charge on any atom is 0.164 e. The minimum absolute atomic E-state index is 0.250. The van der Waals surface area contributed by atoms with Crippen molar-refractivity contribution >= 4 is 5.69 Å². The molecule has 1 atom stereocenters. The van der Waals surface area contributed by atoms with Gasteiger partial charge in [-0.25, -0.2) is 8.78 Å². The largest absolute Gasteiger partial charge is 0.375 e. The fraction of sp³-hybridized carbons (Fsp3) is 0.438. The van der Waals surface area contributed by atoms with Gasteiger partial charge in [-0.3, -0.25) is 4.68 Å². The van der Waals surface area contributed by atoms with Crippen LogP contribution in [0.4, 0.5) is 14.5 Å². The third-order valence-corrected chi connectivity index (χ3v) is 3.62. The van der Waals surface area contributed by atoms with Gasteiger partial charge in [0.15, 0.2) is 11.6 Å². The van der Waals surface area contributed by atoms with E-state index in [2.05, 4.69) is 24.3 Å². The summed E-state index contributed by atoms with van der Waals surface area (Å²) < 4.78 is 29.1. The van der Waals surface area contributed by atoms with Gasteiger partial charge in [-0.2, -0.15) is 5.10 Å². The van der Waals surface area contributed by atoms with E-state index in [1.54, 1.807) is 6.07 Å². The number of halogens is 2. The van der Waals surface area contributed by atoms with Crippen LogP contribution in [-0.2, 0) is 0 Å². The van der Waals surface area contributed by atoms with Crippen LogP contribution in [-0.4, -0.2) is 9.78 Å². The summed E-state index contributed by atoms with van der Waals surface area (Å²) in [5.74, 6) is -1.63. The lowest BCUT2D eigenvalue weighted by molar-refractivity contribution is 0.494. The van der Waals surface area contributed by atoms with Crippen molar-refractivity contribution in [1.29, 1.82) is 0 Å². The number of aryl methyl sites for hydroxylation is 1. The van der Waals surface area contributed by atoms with Crippen LogP contribution < -0.4 is 5.32 Å². The molecule has 0 amide bonds. The first-order valence-corrected chi connectivity index (χ1v) is 7.09. The summed E-state index contributed by atoms with van der Waals surface area (Å²) in [5, 5.41) is 7.73. The Morgan fingerprint density at radius 3 is 2.38 bits per heavy atom. The lowest BCUT2D eigenvalue weighted by Crippen LogP contribution is -2.11. The summed E-state index contributed by atoms with van der Waals surface area (Å²) in [4.78, 5) is 0. The number of nitrogens with zero attached hydrogens (tertiary/aromatic N) is 2. The topological polar surface area (TPSA) is 29.9 Å². The van der Waals surface area contributed by atoms with Crippen LogP contribution in [0.15, 0.2) is 18.2 Å². The molecule has 114 valence electrons. The van der Waals surface area contributed by atoms with Gasteiger partial charge < -0.3 is 5.32 Å². The highest BCUT2D eigenvalue weighted by Crippen LogP contribution is 2.28. The molecule has 1 heterocycles. The summed E-state index contributed by atoms with van der Waals surface area (Å²) >= 11 is 0. The van der Waals surface area contributed by atoms with Crippen LogP contribution in [0.2, 0.25) is 0 Å². The third kappa shape index (κ3) is 2.91. The molecule has 0 aliphatic carbocycles. The average molecular weight is 293 g/mol. The lowest BCUT2D eigenvalue weighted by Gasteiger charge is -2.17. The second-order valence-electron chi connectivity index (χ2n) is 5.59. The zero-order valence-corrected chi connectivity index (χ0v) is 13.0. The van der Waals surface area contributed by atoms with E-state index in [4.69, 9.17) is 0 Å². The van der Waals surface area contributed by atoms with E-state index >= 15 is 0 Å². The Morgan fingerprint density at radius 2 is 1.81 bits per heavy atom. The molecule has 0 spiro atoms. The molecule has 0 radical (unpaired) electrons. The van der Waals surface area contributed by atoms with Crippen LogP contribution in [0.3, 0.4) is 0 Å². The normalized spacial score (nSPS) is 12.8. The molecule has 1 N–H and O–H groups in total. The molecular formula is C16H21F2N3. The molecule has 0 fully saturated rings. The Hall–Kier alpha value is -1.91. The first-order chi connectivity index (χ1) is 9.82. The van der Waals surface area contributed by atoms with Gasteiger partial charge in [-0.1, -0.05) is 12.1 Å². The van der Waals surface area contributed by atoms with Crippen molar-refractivity contribution < 1.29 is 8.78 Å². The van der Waals surface area contributed by atoms with Gasteiger partial charge in [0.1, 0.15) is 0 Å². The number of benzene rings is 1. The summed E-state index contributed by atoms with van der Waals surface area (Å²) in [7, 11) is 0. The minimum Gasteiger partial charge on any atom is -0.375 e. The Bertz CT molecular complexity index is 647. The summed E-state index contributed by atoms with van der Waals surface area (Å²) in [6, 6.07) is 4.14. The Kier molecular flexibility index (Phi) is 4.30. The molecule has 1 aromatic carbocycles. The summed E-state index contributed by atoms with van der Waals surface area (Å²) in [5.41, 5.74) is 3.03. The van der Waals surface area contributed by atoms with Crippen molar-refractivity contribution in [3.8, 4) is 0 Å². The number of rotatable bonds is 4. The van der Waals surface area contributed by atoms with Gasteiger partial charge in [-0.05, 0) is 40.7 Å². The van der Waals surface area contributed by atoms with Crippen LogP contribution >= 0.6 is 0 Å². The van der Waals surface area contributed by atoms with Gasteiger partial charge >= 0.3 is 0 Å². The van der Waals surface area contributed by atoms with Gasteiger partial charge in [0.05, 0.1) is 23.1 Å². The molecule has 1 unspecified atom stereocenters. The molecule has 21 heavy (non-hydrogen) atoms. The number of hydrogen-bond acceptors (Lipinski definition) is 2. The van der Waals surface area contributed by atoms with Crippen molar-refractivity contribution in [3.63, 3.8) is 0 Å². The summed E-state index contributed by atoms with van der Waals surface area (Å²) in [6.45, 7) is 9.79. The number of anilines is 1.